The van der Waals surface area contributed by atoms with E-state index in [4.69, 9.17) is 9.15 Å². The Hall–Kier alpha value is -0.800. The van der Waals surface area contributed by atoms with Gasteiger partial charge in [-0.2, -0.15) is 0 Å². The summed E-state index contributed by atoms with van der Waals surface area (Å²) in [5.41, 5.74) is 0. The molecule has 3 heteroatoms. The number of rotatable bonds is 7. The van der Waals surface area contributed by atoms with E-state index in [-0.39, 0.29) is 0 Å². The minimum atomic E-state index is 0.351. The molecule has 0 aliphatic rings. The Morgan fingerprint density at radius 3 is 2.56 bits per heavy atom. The topological polar surface area (TPSA) is 34.4 Å². The highest BCUT2D eigenvalue weighted by Crippen LogP contribution is 2.05. The number of hydrogen-bond acceptors (Lipinski definition) is 3. The molecule has 1 aromatic heterocycles. The lowest BCUT2D eigenvalue weighted by atomic mass is 10.2. The molecule has 1 unspecified atom stereocenters. The summed E-state index contributed by atoms with van der Waals surface area (Å²) in [5.74, 6) is 2.54. The van der Waals surface area contributed by atoms with Crippen LogP contribution in [0.2, 0.25) is 0 Å². The fraction of sp³-hybridized carbons (Fsp3) is 0.692. The first kappa shape index (κ1) is 13.3. The van der Waals surface area contributed by atoms with Gasteiger partial charge in [0, 0.05) is 12.6 Å². The van der Waals surface area contributed by atoms with Gasteiger partial charge < -0.3 is 14.5 Å². The maximum atomic E-state index is 5.56. The van der Waals surface area contributed by atoms with Crippen LogP contribution in [0.5, 0.6) is 0 Å². The standard InChI is InChI=1S/C13H23NO2/c1-10(2)8-15-9-11(3)14-7-13-6-5-12(4)16-13/h5-6,10-11,14H,7-9H2,1-4H3. The molecule has 0 aromatic carbocycles. The van der Waals surface area contributed by atoms with Gasteiger partial charge in [0.05, 0.1) is 13.2 Å². The van der Waals surface area contributed by atoms with Crippen molar-refractivity contribution in [3.63, 3.8) is 0 Å². The third-order valence-corrected chi connectivity index (χ3v) is 2.24. The minimum absolute atomic E-state index is 0.351. The quantitative estimate of drug-likeness (QED) is 0.775. The molecule has 1 aromatic rings. The molecule has 16 heavy (non-hydrogen) atoms. The van der Waals surface area contributed by atoms with Crippen molar-refractivity contribution in [2.24, 2.45) is 5.92 Å². The first-order chi connectivity index (χ1) is 7.58. The molecule has 0 fully saturated rings. The fourth-order valence-electron chi connectivity index (χ4n) is 1.39. The van der Waals surface area contributed by atoms with Crippen LogP contribution >= 0.6 is 0 Å². The van der Waals surface area contributed by atoms with Crippen molar-refractivity contribution >= 4 is 0 Å². The summed E-state index contributed by atoms with van der Waals surface area (Å²) in [6.07, 6.45) is 0. The van der Waals surface area contributed by atoms with E-state index in [0.29, 0.717) is 12.0 Å². The molecule has 0 spiro atoms. The first-order valence-electron chi connectivity index (χ1n) is 5.94. The average Bonchev–Trinajstić information content (AvgIpc) is 2.61. The molecule has 1 rings (SSSR count). The summed E-state index contributed by atoms with van der Waals surface area (Å²) in [4.78, 5) is 0. The van der Waals surface area contributed by atoms with E-state index in [2.05, 4.69) is 26.1 Å². The number of hydrogen-bond donors (Lipinski definition) is 1. The Labute approximate surface area is 98.2 Å². The third-order valence-electron chi connectivity index (χ3n) is 2.24. The number of aryl methyl sites for hydroxylation is 1. The van der Waals surface area contributed by atoms with E-state index in [9.17, 15) is 0 Å². The van der Waals surface area contributed by atoms with Crippen LogP contribution in [0.3, 0.4) is 0 Å². The van der Waals surface area contributed by atoms with Crippen molar-refractivity contribution in [1.29, 1.82) is 0 Å². The number of furan rings is 1. The van der Waals surface area contributed by atoms with Crippen LogP contribution in [0.15, 0.2) is 16.5 Å². The van der Waals surface area contributed by atoms with Crippen LogP contribution in [-0.2, 0) is 11.3 Å². The van der Waals surface area contributed by atoms with E-state index in [1.807, 2.05) is 19.1 Å². The first-order valence-corrected chi connectivity index (χ1v) is 5.94. The van der Waals surface area contributed by atoms with Crippen molar-refractivity contribution in [2.75, 3.05) is 13.2 Å². The minimum Gasteiger partial charge on any atom is -0.465 e. The average molecular weight is 225 g/mol. The summed E-state index contributed by atoms with van der Waals surface area (Å²) in [7, 11) is 0. The maximum Gasteiger partial charge on any atom is 0.117 e. The molecule has 1 heterocycles. The van der Waals surface area contributed by atoms with Crippen LogP contribution in [0.1, 0.15) is 32.3 Å². The second kappa shape index (κ2) is 6.71. The predicted octanol–water partition coefficient (Wildman–Crippen LogP) is 2.74. The zero-order chi connectivity index (χ0) is 12.0. The molecule has 1 atom stereocenters. The van der Waals surface area contributed by atoms with Gasteiger partial charge in [-0.3, -0.25) is 0 Å². The van der Waals surface area contributed by atoms with Crippen LogP contribution in [-0.4, -0.2) is 19.3 Å². The monoisotopic (exact) mass is 225 g/mol. The molecule has 3 nitrogen and oxygen atoms in total. The summed E-state index contributed by atoms with van der Waals surface area (Å²) in [6, 6.07) is 4.34. The SMILES string of the molecule is Cc1ccc(CNC(C)COCC(C)C)o1. The number of nitrogens with one attached hydrogen (secondary N) is 1. The smallest absolute Gasteiger partial charge is 0.117 e. The van der Waals surface area contributed by atoms with Gasteiger partial charge in [0.1, 0.15) is 11.5 Å². The Morgan fingerprint density at radius 2 is 2.00 bits per heavy atom. The Bertz CT molecular complexity index is 294. The fourth-order valence-corrected chi connectivity index (χ4v) is 1.39. The van der Waals surface area contributed by atoms with Gasteiger partial charge in [-0.05, 0) is 31.9 Å². The molecule has 0 aliphatic heterocycles. The molecule has 1 N–H and O–H groups in total. The van der Waals surface area contributed by atoms with Crippen LogP contribution in [0.4, 0.5) is 0 Å². The molecule has 92 valence electrons. The van der Waals surface area contributed by atoms with E-state index < -0.39 is 0 Å². The van der Waals surface area contributed by atoms with Crippen LogP contribution in [0.25, 0.3) is 0 Å². The molecular formula is C13H23NO2. The molecular weight excluding hydrogens is 202 g/mol. The van der Waals surface area contributed by atoms with E-state index >= 15 is 0 Å². The van der Waals surface area contributed by atoms with Crippen molar-refractivity contribution in [1.82, 2.24) is 5.32 Å². The van der Waals surface area contributed by atoms with Gasteiger partial charge in [-0.25, -0.2) is 0 Å². The molecule has 0 aliphatic carbocycles. The highest BCUT2D eigenvalue weighted by molar-refractivity contribution is 5.05. The summed E-state index contributed by atoms with van der Waals surface area (Å²) >= 11 is 0. The van der Waals surface area contributed by atoms with Gasteiger partial charge in [0.25, 0.3) is 0 Å². The van der Waals surface area contributed by atoms with Gasteiger partial charge in [-0.15, -0.1) is 0 Å². The number of ether oxygens (including phenoxy) is 1. The van der Waals surface area contributed by atoms with E-state index in [1.165, 1.54) is 0 Å². The van der Waals surface area contributed by atoms with Crippen LogP contribution in [0, 0.1) is 12.8 Å². The molecule has 0 amide bonds. The van der Waals surface area contributed by atoms with Crippen molar-refractivity contribution in [3.8, 4) is 0 Å². The molecule has 0 saturated heterocycles. The summed E-state index contributed by atoms with van der Waals surface area (Å²) in [6.45, 7) is 10.7. The van der Waals surface area contributed by atoms with Gasteiger partial charge in [-0.1, -0.05) is 13.8 Å². The third kappa shape index (κ3) is 5.33. The predicted molar refractivity (Wildman–Crippen MR) is 65.4 cm³/mol. The van der Waals surface area contributed by atoms with E-state index in [1.54, 1.807) is 0 Å². The summed E-state index contributed by atoms with van der Waals surface area (Å²) < 4.78 is 11.0. The lowest BCUT2D eigenvalue weighted by Crippen LogP contribution is -2.30. The summed E-state index contributed by atoms with van der Waals surface area (Å²) in [5, 5.41) is 3.37. The second-order valence-electron chi connectivity index (χ2n) is 4.73. The van der Waals surface area contributed by atoms with Gasteiger partial charge in [0.2, 0.25) is 0 Å². The molecule has 0 saturated carbocycles. The Morgan fingerprint density at radius 1 is 1.25 bits per heavy atom. The van der Waals surface area contributed by atoms with Gasteiger partial charge >= 0.3 is 0 Å². The van der Waals surface area contributed by atoms with Crippen LogP contribution < -0.4 is 5.32 Å². The van der Waals surface area contributed by atoms with Crippen molar-refractivity contribution in [3.05, 3.63) is 23.7 Å². The molecule has 0 radical (unpaired) electrons. The zero-order valence-corrected chi connectivity index (χ0v) is 10.7. The van der Waals surface area contributed by atoms with E-state index in [0.717, 1.165) is 31.3 Å². The van der Waals surface area contributed by atoms with Gasteiger partial charge in [0.15, 0.2) is 0 Å². The van der Waals surface area contributed by atoms with Crippen molar-refractivity contribution in [2.45, 2.75) is 40.3 Å². The zero-order valence-electron chi connectivity index (χ0n) is 10.7. The highest BCUT2D eigenvalue weighted by Gasteiger charge is 2.04. The normalized spacial score (nSPS) is 13.3. The highest BCUT2D eigenvalue weighted by atomic mass is 16.5. The lowest BCUT2D eigenvalue weighted by molar-refractivity contribution is 0.0930. The Kier molecular flexibility index (Phi) is 5.56. The second-order valence-corrected chi connectivity index (χ2v) is 4.73. The lowest BCUT2D eigenvalue weighted by Gasteiger charge is -2.14. The largest absolute Gasteiger partial charge is 0.465 e. The Balaban J connectivity index is 2.12. The molecule has 0 bridgehead atoms. The maximum absolute atomic E-state index is 5.56. The van der Waals surface area contributed by atoms with Crippen molar-refractivity contribution < 1.29 is 9.15 Å².